The Labute approximate surface area is 103 Å². The third-order valence-electron chi connectivity index (χ3n) is 2.00. The van der Waals surface area contributed by atoms with E-state index in [1.807, 2.05) is 0 Å². The Morgan fingerprint density at radius 3 is 2.50 bits per heavy atom. The van der Waals surface area contributed by atoms with E-state index < -0.39 is 23.4 Å². The Morgan fingerprint density at radius 2 is 2.00 bits per heavy atom. The number of benzene rings is 1. The van der Waals surface area contributed by atoms with Crippen LogP contribution in [-0.2, 0) is 4.79 Å². The molecule has 5 heteroatoms. The molecule has 0 atom stereocenters. The highest BCUT2D eigenvalue weighted by molar-refractivity contribution is 5.85. The second kappa shape index (κ2) is 6.54. The van der Waals surface area contributed by atoms with Crippen LogP contribution >= 0.6 is 0 Å². The topological polar surface area (TPSA) is 46.5 Å². The molecule has 0 aliphatic heterocycles. The quantitative estimate of drug-likeness (QED) is 0.649. The molecule has 0 heterocycles. The van der Waals surface area contributed by atoms with Gasteiger partial charge in [-0.25, -0.2) is 13.6 Å². The van der Waals surface area contributed by atoms with Crippen LogP contribution < -0.4 is 4.74 Å². The zero-order chi connectivity index (χ0) is 13.5. The zero-order valence-electron chi connectivity index (χ0n) is 9.69. The molecule has 0 amide bonds. The highest BCUT2D eigenvalue weighted by Crippen LogP contribution is 2.23. The van der Waals surface area contributed by atoms with Gasteiger partial charge in [-0.3, -0.25) is 0 Å². The molecule has 3 nitrogen and oxygen atoms in total. The van der Waals surface area contributed by atoms with E-state index in [0.29, 0.717) is 0 Å². The van der Waals surface area contributed by atoms with E-state index in [9.17, 15) is 13.6 Å². The maximum atomic E-state index is 13.5. The van der Waals surface area contributed by atoms with Crippen molar-refractivity contribution in [3.63, 3.8) is 0 Å². The number of hydrogen-bond donors (Lipinski definition) is 1. The Balaban J connectivity index is 2.93. The minimum absolute atomic E-state index is 0.0641. The normalized spacial score (nSPS) is 11.3. The molecule has 1 N–H and O–H groups in total. The lowest BCUT2D eigenvalue weighted by atomic mass is 10.2. The Hall–Kier alpha value is -2.17. The average Bonchev–Trinajstić information content (AvgIpc) is 2.30. The third kappa shape index (κ3) is 4.01. The Bertz CT molecular complexity index is 470. The number of aliphatic carboxylic acids is 1. The first-order chi connectivity index (χ1) is 8.54. The lowest BCUT2D eigenvalue weighted by molar-refractivity contribution is -0.131. The largest absolute Gasteiger partial charge is 0.483 e. The standard InChI is InChI=1S/C13H12F2O3/c1-2-3-6-18-13-10(14)7-9(8-11(13)15)4-5-12(16)17/h2-5,7-8H,6H2,1H3,(H,16,17). The van der Waals surface area contributed by atoms with Crippen molar-refractivity contribution in [2.45, 2.75) is 6.92 Å². The minimum atomic E-state index is -1.19. The number of carboxylic acids is 1. The van der Waals surface area contributed by atoms with Crippen LogP contribution in [0.2, 0.25) is 0 Å². The summed E-state index contributed by atoms with van der Waals surface area (Å²) in [5.74, 6) is -3.40. The zero-order valence-corrected chi connectivity index (χ0v) is 9.69. The predicted molar refractivity (Wildman–Crippen MR) is 63.3 cm³/mol. The van der Waals surface area contributed by atoms with Crippen LogP contribution in [-0.4, -0.2) is 17.7 Å². The second-order valence-corrected chi connectivity index (χ2v) is 3.37. The molecule has 0 spiro atoms. The highest BCUT2D eigenvalue weighted by Gasteiger charge is 2.11. The molecule has 96 valence electrons. The summed E-state index contributed by atoms with van der Waals surface area (Å²) in [4.78, 5) is 10.3. The maximum Gasteiger partial charge on any atom is 0.328 e. The van der Waals surface area contributed by atoms with E-state index in [2.05, 4.69) is 0 Å². The van der Waals surface area contributed by atoms with Crippen molar-refractivity contribution in [3.05, 3.63) is 47.6 Å². The summed E-state index contributed by atoms with van der Waals surface area (Å²) in [5.41, 5.74) is 0.116. The van der Waals surface area contributed by atoms with Gasteiger partial charge in [-0.1, -0.05) is 12.2 Å². The molecule has 0 saturated heterocycles. The van der Waals surface area contributed by atoms with Gasteiger partial charge >= 0.3 is 5.97 Å². The molecule has 0 fully saturated rings. The molecule has 1 rings (SSSR count). The Kier molecular flexibility index (Phi) is 5.05. The van der Waals surface area contributed by atoms with Gasteiger partial charge in [0.2, 0.25) is 0 Å². The number of hydrogen-bond acceptors (Lipinski definition) is 2. The summed E-state index contributed by atoms with van der Waals surface area (Å²) in [6.07, 6.45) is 5.20. The van der Waals surface area contributed by atoms with Crippen molar-refractivity contribution in [2.75, 3.05) is 6.61 Å². The van der Waals surface area contributed by atoms with Crippen molar-refractivity contribution < 1.29 is 23.4 Å². The van der Waals surface area contributed by atoms with Gasteiger partial charge < -0.3 is 9.84 Å². The lowest BCUT2D eigenvalue weighted by Crippen LogP contribution is -1.99. The number of allylic oxidation sites excluding steroid dienone is 1. The van der Waals surface area contributed by atoms with Gasteiger partial charge in [-0.15, -0.1) is 0 Å². The summed E-state index contributed by atoms with van der Waals surface area (Å²) in [6.45, 7) is 1.82. The van der Waals surface area contributed by atoms with E-state index >= 15 is 0 Å². The molecule has 0 aromatic heterocycles. The van der Waals surface area contributed by atoms with Crippen molar-refractivity contribution >= 4 is 12.0 Å². The maximum absolute atomic E-state index is 13.5. The second-order valence-electron chi connectivity index (χ2n) is 3.37. The van der Waals surface area contributed by atoms with Crippen LogP contribution in [0.15, 0.2) is 30.4 Å². The molecule has 0 saturated carbocycles. The summed E-state index contributed by atoms with van der Waals surface area (Å²) in [5, 5.41) is 8.40. The molecule has 18 heavy (non-hydrogen) atoms. The van der Waals surface area contributed by atoms with Crippen LogP contribution in [0, 0.1) is 11.6 Å². The van der Waals surface area contributed by atoms with Crippen LogP contribution in [0.1, 0.15) is 12.5 Å². The van der Waals surface area contributed by atoms with Crippen LogP contribution in [0.5, 0.6) is 5.75 Å². The Morgan fingerprint density at radius 1 is 1.39 bits per heavy atom. The first kappa shape index (κ1) is 13.9. The van der Waals surface area contributed by atoms with E-state index in [4.69, 9.17) is 9.84 Å². The monoisotopic (exact) mass is 254 g/mol. The first-order valence-corrected chi connectivity index (χ1v) is 5.18. The molecule has 0 bridgehead atoms. The van der Waals surface area contributed by atoms with Gasteiger partial charge in [-0.2, -0.15) is 0 Å². The molecule has 0 radical (unpaired) electrons. The number of halogens is 2. The molecular weight excluding hydrogens is 242 g/mol. The summed E-state index contributed by atoms with van der Waals surface area (Å²) in [6, 6.07) is 2.01. The SMILES string of the molecule is CC=CCOc1c(F)cc(C=CC(=O)O)cc1F. The van der Waals surface area contributed by atoms with Crippen molar-refractivity contribution in [3.8, 4) is 5.75 Å². The molecule has 0 aliphatic carbocycles. The molecule has 1 aromatic carbocycles. The van der Waals surface area contributed by atoms with Gasteiger partial charge in [0.15, 0.2) is 17.4 Å². The van der Waals surface area contributed by atoms with E-state index in [-0.39, 0.29) is 12.2 Å². The van der Waals surface area contributed by atoms with Gasteiger partial charge in [0, 0.05) is 6.08 Å². The fourth-order valence-corrected chi connectivity index (χ4v) is 1.21. The third-order valence-corrected chi connectivity index (χ3v) is 2.00. The van der Waals surface area contributed by atoms with Gasteiger partial charge in [0.1, 0.15) is 6.61 Å². The summed E-state index contributed by atoms with van der Waals surface area (Å²) >= 11 is 0. The van der Waals surface area contributed by atoms with Gasteiger partial charge in [-0.05, 0) is 30.7 Å². The predicted octanol–water partition coefficient (Wildman–Crippen LogP) is 3.02. The molecular formula is C13H12F2O3. The fourth-order valence-electron chi connectivity index (χ4n) is 1.21. The summed E-state index contributed by atoms with van der Waals surface area (Å²) < 4.78 is 31.9. The van der Waals surface area contributed by atoms with Crippen LogP contribution in [0.3, 0.4) is 0 Å². The van der Waals surface area contributed by atoms with Crippen LogP contribution in [0.4, 0.5) is 8.78 Å². The number of carboxylic acid groups (broad SMARTS) is 1. The smallest absolute Gasteiger partial charge is 0.328 e. The number of ether oxygens (including phenoxy) is 1. The highest BCUT2D eigenvalue weighted by atomic mass is 19.1. The molecule has 0 unspecified atom stereocenters. The van der Waals surface area contributed by atoms with E-state index in [1.165, 1.54) is 0 Å². The average molecular weight is 254 g/mol. The fraction of sp³-hybridized carbons (Fsp3) is 0.154. The van der Waals surface area contributed by atoms with Crippen molar-refractivity contribution in [1.82, 2.24) is 0 Å². The van der Waals surface area contributed by atoms with Crippen molar-refractivity contribution in [2.24, 2.45) is 0 Å². The van der Waals surface area contributed by atoms with Crippen molar-refractivity contribution in [1.29, 1.82) is 0 Å². The van der Waals surface area contributed by atoms with E-state index in [0.717, 1.165) is 24.3 Å². The van der Waals surface area contributed by atoms with E-state index in [1.54, 1.807) is 19.1 Å². The molecule has 0 aliphatic rings. The lowest BCUT2D eigenvalue weighted by Gasteiger charge is -2.07. The first-order valence-electron chi connectivity index (χ1n) is 5.18. The number of rotatable bonds is 5. The van der Waals surface area contributed by atoms with Crippen LogP contribution in [0.25, 0.3) is 6.08 Å². The summed E-state index contributed by atoms with van der Waals surface area (Å²) in [7, 11) is 0. The van der Waals surface area contributed by atoms with Gasteiger partial charge in [0.05, 0.1) is 0 Å². The minimum Gasteiger partial charge on any atom is -0.483 e. The van der Waals surface area contributed by atoms with Gasteiger partial charge in [0.25, 0.3) is 0 Å². The molecule has 1 aromatic rings. The number of carbonyl (C=O) groups is 1.